The molecule has 0 unspecified atom stereocenters. The lowest BCUT2D eigenvalue weighted by Gasteiger charge is -2.41. The molecule has 0 bridgehead atoms. The molecule has 2 saturated carbocycles. The van der Waals surface area contributed by atoms with E-state index >= 15 is 0 Å². The van der Waals surface area contributed by atoms with Crippen molar-refractivity contribution in [1.29, 1.82) is 0 Å². The van der Waals surface area contributed by atoms with E-state index in [0.29, 0.717) is 0 Å². The summed E-state index contributed by atoms with van der Waals surface area (Å²) in [5, 5.41) is 29.2. The van der Waals surface area contributed by atoms with Crippen molar-refractivity contribution in [2.24, 2.45) is 0 Å². The molecule has 0 spiro atoms. The number of amides is 1. The lowest BCUT2D eigenvalue weighted by Crippen LogP contribution is -2.48. The van der Waals surface area contributed by atoms with Gasteiger partial charge in [-0.25, -0.2) is 4.79 Å². The molecule has 3 rings (SSSR count). The van der Waals surface area contributed by atoms with E-state index in [2.05, 4.69) is 0 Å². The third kappa shape index (κ3) is 3.60. The maximum atomic E-state index is 11.8. The number of carbonyl (C=O) groups is 1. The molecule has 0 saturated heterocycles. The Hall–Kier alpha value is -1.91. The monoisotopic (exact) mass is 333 g/mol. The number of carboxylic acid groups (broad SMARTS) is 1. The van der Waals surface area contributed by atoms with Gasteiger partial charge in [0.05, 0.1) is 0 Å². The van der Waals surface area contributed by atoms with E-state index in [4.69, 9.17) is 0 Å². The van der Waals surface area contributed by atoms with Gasteiger partial charge in [-0.2, -0.15) is 0 Å². The van der Waals surface area contributed by atoms with Crippen molar-refractivity contribution < 1.29 is 20.1 Å². The Bertz CT molecular complexity index is 575. The molecule has 2 aliphatic carbocycles. The second kappa shape index (κ2) is 7.32. The van der Waals surface area contributed by atoms with Crippen LogP contribution in [0.3, 0.4) is 0 Å². The van der Waals surface area contributed by atoms with E-state index < -0.39 is 6.09 Å². The van der Waals surface area contributed by atoms with Crippen LogP contribution in [0.2, 0.25) is 0 Å². The summed E-state index contributed by atoms with van der Waals surface area (Å²) in [7, 11) is 0. The van der Waals surface area contributed by atoms with E-state index in [1.807, 2.05) is 0 Å². The van der Waals surface area contributed by atoms with Gasteiger partial charge in [-0.3, -0.25) is 0 Å². The molecule has 1 aromatic rings. The smallest absolute Gasteiger partial charge is 0.407 e. The number of benzene rings is 1. The Morgan fingerprint density at radius 2 is 1.54 bits per heavy atom. The van der Waals surface area contributed by atoms with Crippen LogP contribution in [-0.4, -0.2) is 38.4 Å². The Balaban J connectivity index is 1.65. The molecule has 1 amide bonds. The largest absolute Gasteiger partial charge is 0.508 e. The molecule has 0 atom stereocenters. The molecular formula is C19H27NO4. The number of phenols is 2. The Labute approximate surface area is 142 Å². The zero-order chi connectivity index (χ0) is 17.1. The van der Waals surface area contributed by atoms with Gasteiger partial charge in [0, 0.05) is 18.2 Å². The van der Waals surface area contributed by atoms with Crippen LogP contribution in [0.5, 0.6) is 11.5 Å². The topological polar surface area (TPSA) is 81.0 Å². The number of nitrogens with zero attached hydrogens (tertiary/aromatic N) is 1. The summed E-state index contributed by atoms with van der Waals surface area (Å²) in [6.45, 7) is 0. The number of phenolic OH excluding ortho intramolecular Hbond substituents is 2. The zero-order valence-corrected chi connectivity index (χ0v) is 14.0. The van der Waals surface area contributed by atoms with Crippen molar-refractivity contribution in [1.82, 2.24) is 4.90 Å². The number of rotatable bonds is 3. The number of aromatic hydroxyl groups is 2. The summed E-state index contributed by atoms with van der Waals surface area (Å²) < 4.78 is 0. The standard InChI is InChI=1S/C19H27NO4/c21-16-10-11-17(18(22)12-16)13-6-8-15(9-7-13)20(19(23)24)14-4-2-1-3-5-14/h10-15,21-22H,1-9H2,(H,23,24). The van der Waals surface area contributed by atoms with Gasteiger partial charge in [-0.05, 0) is 56.1 Å². The fraction of sp³-hybridized carbons (Fsp3) is 0.632. The quantitative estimate of drug-likeness (QED) is 0.764. The molecule has 2 aliphatic rings. The highest BCUT2D eigenvalue weighted by molar-refractivity contribution is 5.66. The Morgan fingerprint density at radius 3 is 2.12 bits per heavy atom. The first kappa shape index (κ1) is 16.9. The SMILES string of the molecule is O=C(O)N(C1CCCCC1)C1CCC(c2ccc(O)cc2O)CC1. The van der Waals surface area contributed by atoms with Crippen LogP contribution in [0.25, 0.3) is 0 Å². The van der Waals surface area contributed by atoms with E-state index in [1.165, 1.54) is 12.5 Å². The van der Waals surface area contributed by atoms with Crippen LogP contribution in [0.1, 0.15) is 69.3 Å². The van der Waals surface area contributed by atoms with Gasteiger partial charge in [0.2, 0.25) is 0 Å². The number of hydrogen-bond acceptors (Lipinski definition) is 3. The van der Waals surface area contributed by atoms with Gasteiger partial charge in [0.25, 0.3) is 0 Å². The minimum atomic E-state index is -0.780. The highest BCUT2D eigenvalue weighted by Gasteiger charge is 2.34. The first-order chi connectivity index (χ1) is 11.6. The highest BCUT2D eigenvalue weighted by atomic mass is 16.4. The third-order valence-corrected chi connectivity index (χ3v) is 5.73. The predicted molar refractivity (Wildman–Crippen MR) is 91.5 cm³/mol. The summed E-state index contributed by atoms with van der Waals surface area (Å²) in [6, 6.07) is 5.05. The molecule has 132 valence electrons. The molecule has 2 fully saturated rings. The zero-order valence-electron chi connectivity index (χ0n) is 14.0. The summed E-state index contributed by atoms with van der Waals surface area (Å²) in [4.78, 5) is 13.5. The maximum Gasteiger partial charge on any atom is 0.407 e. The molecule has 5 nitrogen and oxygen atoms in total. The van der Waals surface area contributed by atoms with E-state index in [1.54, 1.807) is 17.0 Å². The van der Waals surface area contributed by atoms with Crippen LogP contribution < -0.4 is 0 Å². The summed E-state index contributed by atoms with van der Waals surface area (Å²) in [5.41, 5.74) is 0.866. The van der Waals surface area contributed by atoms with Crippen molar-refractivity contribution in [2.75, 3.05) is 0 Å². The van der Waals surface area contributed by atoms with E-state index in [0.717, 1.165) is 56.9 Å². The third-order valence-electron chi connectivity index (χ3n) is 5.73. The highest BCUT2D eigenvalue weighted by Crippen LogP contribution is 2.40. The van der Waals surface area contributed by atoms with Gasteiger partial charge in [0.15, 0.2) is 0 Å². The van der Waals surface area contributed by atoms with E-state index in [-0.39, 0.29) is 29.5 Å². The summed E-state index contributed by atoms with van der Waals surface area (Å²) in [6.07, 6.45) is 8.11. The summed E-state index contributed by atoms with van der Waals surface area (Å²) >= 11 is 0. The van der Waals surface area contributed by atoms with Crippen LogP contribution in [0, 0.1) is 0 Å². The first-order valence-corrected chi connectivity index (χ1v) is 9.09. The van der Waals surface area contributed by atoms with Crippen LogP contribution in [-0.2, 0) is 0 Å². The summed E-state index contributed by atoms with van der Waals surface area (Å²) in [5.74, 6) is 0.448. The van der Waals surface area contributed by atoms with Gasteiger partial charge < -0.3 is 20.2 Å². The molecule has 0 aromatic heterocycles. The van der Waals surface area contributed by atoms with Gasteiger partial charge in [0.1, 0.15) is 11.5 Å². The van der Waals surface area contributed by atoms with Crippen molar-refractivity contribution >= 4 is 6.09 Å². The molecule has 0 aliphatic heterocycles. The van der Waals surface area contributed by atoms with Crippen molar-refractivity contribution in [3.63, 3.8) is 0 Å². The number of hydrogen-bond donors (Lipinski definition) is 3. The van der Waals surface area contributed by atoms with Crippen LogP contribution >= 0.6 is 0 Å². The normalized spacial score (nSPS) is 25.3. The average Bonchev–Trinajstić information content (AvgIpc) is 2.57. The van der Waals surface area contributed by atoms with Gasteiger partial charge >= 0.3 is 6.09 Å². The van der Waals surface area contributed by atoms with Crippen molar-refractivity contribution in [3.05, 3.63) is 23.8 Å². The molecule has 0 radical (unpaired) electrons. The van der Waals surface area contributed by atoms with Crippen LogP contribution in [0.4, 0.5) is 4.79 Å². The van der Waals surface area contributed by atoms with Crippen LogP contribution in [0.15, 0.2) is 18.2 Å². The fourth-order valence-corrected chi connectivity index (χ4v) is 4.51. The average molecular weight is 333 g/mol. The second-order valence-electron chi connectivity index (χ2n) is 7.23. The molecule has 1 aromatic carbocycles. The lowest BCUT2D eigenvalue weighted by atomic mass is 9.80. The predicted octanol–water partition coefficient (Wildman–Crippen LogP) is 4.44. The first-order valence-electron chi connectivity index (χ1n) is 9.09. The second-order valence-corrected chi connectivity index (χ2v) is 7.23. The minimum absolute atomic E-state index is 0.0688. The van der Waals surface area contributed by atoms with E-state index in [9.17, 15) is 20.1 Å². The Kier molecular flexibility index (Phi) is 5.17. The maximum absolute atomic E-state index is 11.8. The fourth-order valence-electron chi connectivity index (χ4n) is 4.51. The Morgan fingerprint density at radius 1 is 0.917 bits per heavy atom. The molecular weight excluding hydrogens is 306 g/mol. The minimum Gasteiger partial charge on any atom is -0.508 e. The van der Waals surface area contributed by atoms with Crippen molar-refractivity contribution in [2.45, 2.75) is 75.8 Å². The van der Waals surface area contributed by atoms with Crippen molar-refractivity contribution in [3.8, 4) is 11.5 Å². The molecule has 3 N–H and O–H groups in total. The lowest BCUT2D eigenvalue weighted by molar-refractivity contribution is 0.0681. The van der Waals surface area contributed by atoms with Gasteiger partial charge in [-0.15, -0.1) is 0 Å². The molecule has 5 heteroatoms. The molecule has 24 heavy (non-hydrogen) atoms. The van der Waals surface area contributed by atoms with Gasteiger partial charge in [-0.1, -0.05) is 25.3 Å². The molecule has 0 heterocycles.